The second-order valence-corrected chi connectivity index (χ2v) is 5.14. The van der Waals surface area contributed by atoms with E-state index >= 15 is 0 Å². The van der Waals surface area contributed by atoms with Gasteiger partial charge in [0.1, 0.15) is 0 Å². The van der Waals surface area contributed by atoms with Crippen LogP contribution in [0.2, 0.25) is 0 Å². The van der Waals surface area contributed by atoms with Gasteiger partial charge in [-0.3, -0.25) is 4.79 Å². The van der Waals surface area contributed by atoms with Gasteiger partial charge in [0.2, 0.25) is 0 Å². The van der Waals surface area contributed by atoms with Gasteiger partial charge in [0.15, 0.2) is 0 Å². The Morgan fingerprint density at radius 3 is 2.93 bits per heavy atom. The monoisotopic (exact) mass is 221 g/mol. The Hall–Kier alpha value is -1.09. The standard InChI is InChI=1S/C12H15NOS/c1-9(2)3-6-13-7-4-11-10(12(13)14)5-8-15-11/h4-5,7-9H,3,6H2,1-2H3. The molecule has 0 N–H and O–H groups in total. The average molecular weight is 221 g/mol. The minimum atomic E-state index is 0.148. The minimum absolute atomic E-state index is 0.148. The second-order valence-electron chi connectivity index (χ2n) is 4.20. The molecule has 0 aliphatic rings. The highest BCUT2D eigenvalue weighted by Gasteiger charge is 2.03. The quantitative estimate of drug-likeness (QED) is 0.780. The van der Waals surface area contributed by atoms with Crippen molar-refractivity contribution in [2.24, 2.45) is 5.92 Å². The summed E-state index contributed by atoms with van der Waals surface area (Å²) < 4.78 is 2.90. The normalized spacial score (nSPS) is 11.4. The zero-order valence-electron chi connectivity index (χ0n) is 9.06. The SMILES string of the molecule is CC(C)CCn1ccc2sccc2c1=O. The van der Waals surface area contributed by atoms with Crippen molar-refractivity contribution in [3.63, 3.8) is 0 Å². The van der Waals surface area contributed by atoms with E-state index in [1.807, 2.05) is 28.3 Å². The second kappa shape index (κ2) is 4.19. The van der Waals surface area contributed by atoms with Crippen LogP contribution in [0.25, 0.3) is 10.1 Å². The molecule has 2 rings (SSSR count). The smallest absolute Gasteiger partial charge is 0.259 e. The fraction of sp³-hybridized carbons (Fsp3) is 0.417. The third kappa shape index (κ3) is 2.12. The number of nitrogens with zero attached hydrogens (tertiary/aromatic N) is 1. The summed E-state index contributed by atoms with van der Waals surface area (Å²) in [6.07, 6.45) is 2.96. The fourth-order valence-corrected chi connectivity index (χ4v) is 2.35. The van der Waals surface area contributed by atoms with Crippen LogP contribution in [-0.2, 0) is 6.54 Å². The highest BCUT2D eigenvalue weighted by atomic mass is 32.1. The predicted octanol–water partition coefficient (Wildman–Crippen LogP) is 3.11. The molecule has 0 saturated carbocycles. The first-order valence-electron chi connectivity index (χ1n) is 5.25. The van der Waals surface area contributed by atoms with Gasteiger partial charge in [-0.25, -0.2) is 0 Å². The number of fused-ring (bicyclic) bond motifs is 1. The molecule has 0 atom stereocenters. The van der Waals surface area contributed by atoms with Gasteiger partial charge in [0.05, 0.1) is 5.39 Å². The molecule has 0 aromatic carbocycles. The lowest BCUT2D eigenvalue weighted by Crippen LogP contribution is -2.19. The van der Waals surface area contributed by atoms with Gasteiger partial charge in [-0.15, -0.1) is 11.3 Å². The Morgan fingerprint density at radius 1 is 1.40 bits per heavy atom. The minimum Gasteiger partial charge on any atom is -0.315 e. The van der Waals surface area contributed by atoms with Crippen molar-refractivity contribution >= 4 is 21.4 Å². The molecule has 2 aromatic rings. The summed E-state index contributed by atoms with van der Waals surface area (Å²) in [5.74, 6) is 0.634. The van der Waals surface area contributed by atoms with E-state index in [-0.39, 0.29) is 5.56 Å². The molecule has 0 aliphatic carbocycles. The molecule has 0 bridgehead atoms. The first-order valence-corrected chi connectivity index (χ1v) is 6.13. The Balaban J connectivity index is 2.36. The summed E-state index contributed by atoms with van der Waals surface area (Å²) in [7, 11) is 0. The van der Waals surface area contributed by atoms with Crippen molar-refractivity contribution in [1.82, 2.24) is 4.57 Å². The van der Waals surface area contributed by atoms with E-state index in [0.717, 1.165) is 23.1 Å². The lowest BCUT2D eigenvalue weighted by atomic mass is 10.1. The van der Waals surface area contributed by atoms with Crippen LogP contribution in [-0.4, -0.2) is 4.57 Å². The molecular formula is C12H15NOS. The van der Waals surface area contributed by atoms with Crippen molar-refractivity contribution < 1.29 is 0 Å². The highest BCUT2D eigenvalue weighted by molar-refractivity contribution is 7.17. The van der Waals surface area contributed by atoms with Gasteiger partial charge in [-0.2, -0.15) is 0 Å². The molecule has 2 aromatic heterocycles. The zero-order valence-corrected chi connectivity index (χ0v) is 9.88. The van der Waals surface area contributed by atoms with E-state index in [1.54, 1.807) is 11.3 Å². The molecule has 0 radical (unpaired) electrons. The molecule has 0 aliphatic heterocycles. The summed E-state index contributed by atoms with van der Waals surface area (Å²) in [6.45, 7) is 5.17. The Morgan fingerprint density at radius 2 is 2.20 bits per heavy atom. The van der Waals surface area contributed by atoms with Crippen LogP contribution < -0.4 is 5.56 Å². The van der Waals surface area contributed by atoms with Gasteiger partial charge in [-0.1, -0.05) is 13.8 Å². The maximum absolute atomic E-state index is 12.0. The molecule has 80 valence electrons. The molecule has 0 amide bonds. The summed E-state index contributed by atoms with van der Waals surface area (Å²) >= 11 is 1.62. The van der Waals surface area contributed by atoms with Crippen LogP contribution in [0.3, 0.4) is 0 Å². The summed E-state index contributed by atoms with van der Waals surface area (Å²) in [5.41, 5.74) is 0.148. The van der Waals surface area contributed by atoms with Gasteiger partial charge < -0.3 is 4.57 Å². The van der Waals surface area contributed by atoms with Crippen LogP contribution in [0, 0.1) is 5.92 Å². The number of rotatable bonds is 3. The third-order valence-electron chi connectivity index (χ3n) is 2.54. The van der Waals surface area contributed by atoms with Crippen molar-refractivity contribution in [1.29, 1.82) is 0 Å². The summed E-state index contributed by atoms with van der Waals surface area (Å²) in [4.78, 5) is 12.0. The molecule has 15 heavy (non-hydrogen) atoms. The highest BCUT2D eigenvalue weighted by Crippen LogP contribution is 2.16. The van der Waals surface area contributed by atoms with Crippen LogP contribution in [0.4, 0.5) is 0 Å². The van der Waals surface area contributed by atoms with Gasteiger partial charge >= 0.3 is 0 Å². The molecule has 3 heteroatoms. The van der Waals surface area contributed by atoms with Gasteiger partial charge in [0, 0.05) is 17.4 Å². The first kappa shape index (κ1) is 10.4. The Kier molecular flexibility index (Phi) is 2.91. The fourth-order valence-electron chi connectivity index (χ4n) is 1.58. The largest absolute Gasteiger partial charge is 0.315 e. The van der Waals surface area contributed by atoms with Crippen molar-refractivity contribution in [3.8, 4) is 0 Å². The molecule has 2 nitrogen and oxygen atoms in total. The van der Waals surface area contributed by atoms with E-state index in [2.05, 4.69) is 13.8 Å². The van der Waals surface area contributed by atoms with Gasteiger partial charge in [0.25, 0.3) is 5.56 Å². The zero-order chi connectivity index (χ0) is 10.8. The van der Waals surface area contributed by atoms with Crippen molar-refractivity contribution in [2.45, 2.75) is 26.8 Å². The van der Waals surface area contributed by atoms with Crippen molar-refractivity contribution in [2.75, 3.05) is 0 Å². The lowest BCUT2D eigenvalue weighted by Gasteiger charge is -2.07. The van der Waals surface area contributed by atoms with E-state index in [9.17, 15) is 4.79 Å². The van der Waals surface area contributed by atoms with Crippen molar-refractivity contribution in [3.05, 3.63) is 34.1 Å². The number of hydrogen-bond donors (Lipinski definition) is 0. The van der Waals surface area contributed by atoms with E-state index in [4.69, 9.17) is 0 Å². The Labute approximate surface area is 93.2 Å². The third-order valence-corrected chi connectivity index (χ3v) is 3.42. The number of aromatic nitrogens is 1. The lowest BCUT2D eigenvalue weighted by molar-refractivity contribution is 0.509. The van der Waals surface area contributed by atoms with Crippen LogP contribution >= 0.6 is 11.3 Å². The van der Waals surface area contributed by atoms with Crippen LogP contribution in [0.5, 0.6) is 0 Å². The maximum Gasteiger partial charge on any atom is 0.259 e. The van der Waals surface area contributed by atoms with E-state index in [0.29, 0.717) is 5.92 Å². The summed E-state index contributed by atoms with van der Waals surface area (Å²) in [6, 6.07) is 3.94. The summed E-state index contributed by atoms with van der Waals surface area (Å²) in [5, 5.41) is 2.82. The van der Waals surface area contributed by atoms with E-state index in [1.165, 1.54) is 0 Å². The molecule has 0 spiro atoms. The van der Waals surface area contributed by atoms with Crippen LogP contribution in [0.1, 0.15) is 20.3 Å². The molecule has 2 heterocycles. The molecule has 0 unspecified atom stereocenters. The number of hydrogen-bond acceptors (Lipinski definition) is 2. The first-order chi connectivity index (χ1) is 7.18. The van der Waals surface area contributed by atoms with E-state index < -0.39 is 0 Å². The number of aryl methyl sites for hydroxylation is 1. The average Bonchev–Trinajstić information content (AvgIpc) is 2.65. The molecule has 0 saturated heterocycles. The van der Waals surface area contributed by atoms with Gasteiger partial charge in [-0.05, 0) is 29.9 Å². The van der Waals surface area contributed by atoms with Crippen LogP contribution in [0.15, 0.2) is 28.5 Å². The molecule has 0 fully saturated rings. The Bertz CT molecular complexity index is 510. The maximum atomic E-state index is 12.0. The predicted molar refractivity (Wildman–Crippen MR) is 65.5 cm³/mol. The molecular weight excluding hydrogens is 206 g/mol. The number of thiophene rings is 1. The number of pyridine rings is 1. The topological polar surface area (TPSA) is 22.0 Å².